The zero-order valence-electron chi connectivity index (χ0n) is 16.5. The van der Waals surface area contributed by atoms with Crippen LogP contribution in [0, 0.1) is 5.92 Å². The predicted octanol–water partition coefficient (Wildman–Crippen LogP) is 4.76. The molecule has 2 aliphatic carbocycles. The molecule has 0 N–H and O–H groups in total. The largest absolute Gasteiger partial charge is 0.289 e. The van der Waals surface area contributed by atoms with Crippen molar-refractivity contribution in [3.8, 4) is 0 Å². The first kappa shape index (κ1) is 20.4. The number of anilines is 1. The lowest BCUT2D eigenvalue weighted by Gasteiger charge is -2.24. The van der Waals surface area contributed by atoms with Gasteiger partial charge < -0.3 is 0 Å². The molecule has 1 aromatic carbocycles. The zero-order chi connectivity index (χ0) is 20.8. The van der Waals surface area contributed by atoms with Crippen molar-refractivity contribution in [2.24, 2.45) is 5.92 Å². The third kappa shape index (κ3) is 3.60. The van der Waals surface area contributed by atoms with Gasteiger partial charge in [0.05, 0.1) is 5.69 Å². The maximum Gasteiger partial charge on any atom is 0.265 e. The summed E-state index contributed by atoms with van der Waals surface area (Å²) in [5.74, 6) is 0.620. The average molecular weight is 446 g/mol. The predicted molar refractivity (Wildman–Crippen MR) is 126 cm³/mol. The van der Waals surface area contributed by atoms with Crippen LogP contribution in [0.2, 0.25) is 0 Å². The molecule has 29 heavy (non-hydrogen) atoms. The third-order valence-corrected chi connectivity index (χ3v) is 9.47. The molecule has 4 nitrogen and oxygen atoms in total. The molecule has 1 atom stereocenters. The number of benzene rings is 1. The first-order valence-corrected chi connectivity index (χ1v) is 12.5. The Labute approximate surface area is 180 Å². The van der Waals surface area contributed by atoms with E-state index in [-0.39, 0.29) is 10.3 Å². The topological polar surface area (TPSA) is 54.5 Å². The summed E-state index contributed by atoms with van der Waals surface area (Å²) in [7, 11) is -2.21. The minimum atomic E-state index is -3.74. The van der Waals surface area contributed by atoms with E-state index in [1.54, 1.807) is 35.6 Å². The molecule has 7 heteroatoms. The van der Waals surface area contributed by atoms with Gasteiger partial charge in [0.1, 0.15) is 4.91 Å². The molecule has 0 spiro atoms. The van der Waals surface area contributed by atoms with E-state index in [4.69, 9.17) is 12.2 Å². The molecule has 0 fully saturated rings. The van der Waals surface area contributed by atoms with Crippen molar-refractivity contribution in [3.63, 3.8) is 0 Å². The SMILES string of the molecule is CCC1CCc2c(sc3cc(N(C)S(=O)(=O)C4=CC=CCC4=S)ccc3c2=O)C1. The molecule has 1 unspecified atom stereocenters. The Kier molecular flexibility index (Phi) is 5.48. The summed E-state index contributed by atoms with van der Waals surface area (Å²) in [4.78, 5) is 14.7. The van der Waals surface area contributed by atoms with Crippen LogP contribution in [0.25, 0.3) is 10.1 Å². The molecule has 1 aromatic heterocycles. The van der Waals surface area contributed by atoms with E-state index in [0.29, 0.717) is 28.3 Å². The lowest BCUT2D eigenvalue weighted by molar-refractivity contribution is 0.448. The lowest BCUT2D eigenvalue weighted by Crippen LogP contribution is -2.30. The van der Waals surface area contributed by atoms with Gasteiger partial charge >= 0.3 is 0 Å². The highest BCUT2D eigenvalue weighted by Gasteiger charge is 2.28. The highest BCUT2D eigenvalue weighted by molar-refractivity contribution is 7.99. The monoisotopic (exact) mass is 445 g/mol. The Hall–Kier alpha value is -1.83. The molecule has 0 saturated heterocycles. The molecular formula is C22H23NO3S3. The molecule has 4 rings (SSSR count). The van der Waals surface area contributed by atoms with Crippen molar-refractivity contribution in [2.75, 3.05) is 11.4 Å². The van der Waals surface area contributed by atoms with Gasteiger partial charge in [-0.3, -0.25) is 9.10 Å². The van der Waals surface area contributed by atoms with E-state index in [1.165, 1.54) is 11.4 Å². The van der Waals surface area contributed by atoms with Crippen LogP contribution in [0.1, 0.15) is 36.6 Å². The van der Waals surface area contributed by atoms with Crippen LogP contribution in [0.4, 0.5) is 5.69 Å². The molecule has 2 aliphatic rings. The molecule has 1 heterocycles. The third-order valence-electron chi connectivity index (χ3n) is 5.87. The zero-order valence-corrected chi connectivity index (χ0v) is 18.9. The van der Waals surface area contributed by atoms with Gasteiger partial charge in [-0.15, -0.1) is 11.3 Å². The maximum absolute atomic E-state index is 13.1. The summed E-state index contributed by atoms with van der Waals surface area (Å²) in [6.45, 7) is 2.19. The number of fused-ring (bicyclic) bond motifs is 2. The highest BCUT2D eigenvalue weighted by Crippen LogP contribution is 2.34. The molecule has 0 bridgehead atoms. The van der Waals surface area contributed by atoms with Gasteiger partial charge in [0.25, 0.3) is 10.0 Å². The Morgan fingerprint density at radius 3 is 2.83 bits per heavy atom. The van der Waals surface area contributed by atoms with Crippen LogP contribution < -0.4 is 9.73 Å². The quantitative estimate of drug-likeness (QED) is 0.637. The summed E-state index contributed by atoms with van der Waals surface area (Å²) < 4.78 is 28.3. The first-order chi connectivity index (χ1) is 13.8. The fraction of sp³-hybridized carbons (Fsp3) is 0.364. The van der Waals surface area contributed by atoms with E-state index in [1.807, 2.05) is 12.1 Å². The van der Waals surface area contributed by atoms with Crippen LogP contribution in [0.15, 0.2) is 46.1 Å². The highest BCUT2D eigenvalue weighted by atomic mass is 32.2. The number of thiocarbonyl (C=S) groups is 1. The van der Waals surface area contributed by atoms with Crippen LogP contribution >= 0.6 is 23.6 Å². The Morgan fingerprint density at radius 1 is 1.31 bits per heavy atom. The number of hydrogen-bond donors (Lipinski definition) is 0. The van der Waals surface area contributed by atoms with Crippen molar-refractivity contribution in [1.82, 2.24) is 0 Å². The first-order valence-electron chi connectivity index (χ1n) is 9.80. The number of allylic oxidation sites excluding steroid dienone is 4. The van der Waals surface area contributed by atoms with Gasteiger partial charge in [0, 0.05) is 38.9 Å². The molecule has 2 aromatic rings. The van der Waals surface area contributed by atoms with E-state index >= 15 is 0 Å². The second-order valence-corrected chi connectivity index (χ2v) is 11.2. The number of nitrogens with zero attached hydrogens (tertiary/aromatic N) is 1. The van der Waals surface area contributed by atoms with Crippen molar-refractivity contribution < 1.29 is 8.42 Å². The van der Waals surface area contributed by atoms with Gasteiger partial charge in [-0.1, -0.05) is 37.7 Å². The molecular weight excluding hydrogens is 422 g/mol. The number of hydrogen-bond acceptors (Lipinski definition) is 5. The molecule has 0 saturated carbocycles. The maximum atomic E-state index is 13.1. The van der Waals surface area contributed by atoms with E-state index in [0.717, 1.165) is 40.8 Å². The minimum absolute atomic E-state index is 0.0988. The van der Waals surface area contributed by atoms with Gasteiger partial charge in [-0.05, 0) is 49.5 Å². The van der Waals surface area contributed by atoms with Gasteiger partial charge in [0.2, 0.25) is 0 Å². The van der Waals surface area contributed by atoms with Gasteiger partial charge in [0.15, 0.2) is 5.43 Å². The fourth-order valence-corrected chi connectivity index (χ4v) is 7.12. The van der Waals surface area contributed by atoms with E-state index in [2.05, 4.69) is 6.92 Å². The molecule has 152 valence electrons. The molecule has 0 aliphatic heterocycles. The number of sulfonamides is 1. The van der Waals surface area contributed by atoms with Crippen molar-refractivity contribution >= 4 is 54.2 Å². The summed E-state index contributed by atoms with van der Waals surface area (Å²) in [6, 6.07) is 5.28. The van der Waals surface area contributed by atoms with Crippen LogP contribution in [0.5, 0.6) is 0 Å². The standard InChI is InChI=1S/C22H23NO3S3/c1-3-14-8-10-16-19(12-14)28-20-13-15(9-11-17(20)22(16)24)23(2)29(25,26)21-7-5-4-6-18(21)27/h4-5,7,9,11,13-14H,3,6,8,10,12H2,1-2H3. The fourth-order valence-electron chi connectivity index (χ4n) is 3.98. The van der Waals surface area contributed by atoms with E-state index < -0.39 is 10.0 Å². The summed E-state index contributed by atoms with van der Waals surface area (Å²) in [5, 5.41) is 0.675. The molecule has 0 amide bonds. The summed E-state index contributed by atoms with van der Waals surface area (Å²) >= 11 is 6.89. The second-order valence-electron chi connectivity index (χ2n) is 7.59. The summed E-state index contributed by atoms with van der Waals surface area (Å²) in [5.41, 5.74) is 1.58. The van der Waals surface area contributed by atoms with Gasteiger partial charge in [-0.25, -0.2) is 8.42 Å². The Morgan fingerprint density at radius 2 is 2.10 bits per heavy atom. The van der Waals surface area contributed by atoms with Gasteiger partial charge in [-0.2, -0.15) is 0 Å². The average Bonchev–Trinajstić information content (AvgIpc) is 2.72. The number of rotatable bonds is 4. The smallest absolute Gasteiger partial charge is 0.265 e. The second kappa shape index (κ2) is 7.78. The molecule has 0 radical (unpaired) electrons. The van der Waals surface area contributed by atoms with Crippen LogP contribution in [-0.2, 0) is 22.9 Å². The Balaban J connectivity index is 1.77. The minimum Gasteiger partial charge on any atom is -0.289 e. The van der Waals surface area contributed by atoms with Crippen molar-refractivity contribution in [1.29, 1.82) is 0 Å². The van der Waals surface area contributed by atoms with Crippen molar-refractivity contribution in [3.05, 3.63) is 62.0 Å². The Bertz CT molecular complexity index is 1220. The van der Waals surface area contributed by atoms with Crippen LogP contribution in [-0.4, -0.2) is 20.3 Å². The normalized spacial score (nSPS) is 19.2. The van der Waals surface area contributed by atoms with E-state index in [9.17, 15) is 13.2 Å². The summed E-state index contributed by atoms with van der Waals surface area (Å²) in [6.07, 6.45) is 9.54. The van der Waals surface area contributed by atoms with Crippen molar-refractivity contribution in [2.45, 2.75) is 39.0 Å². The van der Waals surface area contributed by atoms with Crippen LogP contribution in [0.3, 0.4) is 0 Å². The lowest BCUT2D eigenvalue weighted by atomic mass is 9.87.